The standard InChI is InChI=1S/C32H24ClN3O5S2/c1-19-11-16-25(41-19)28(37)26-27(21-12-14-23(15-13-21)40-17-20-7-3-2-4-8-20)36(30(39)29(26)38)31-34-35-32(43-31)42-18-22-9-5-6-10-24(22)33/h2-16,27,38H,17-18H2,1H3. The molecule has 3 aromatic carbocycles. The van der Waals surface area contributed by atoms with E-state index in [9.17, 15) is 14.7 Å². The van der Waals surface area contributed by atoms with Crippen LogP contribution in [0.1, 0.15) is 39.0 Å². The number of aliphatic hydroxyl groups is 1. The van der Waals surface area contributed by atoms with Gasteiger partial charge in [0.05, 0.1) is 11.6 Å². The van der Waals surface area contributed by atoms with E-state index in [1.807, 2.05) is 54.6 Å². The smallest absolute Gasteiger partial charge is 0.296 e. The topological polar surface area (TPSA) is 106 Å². The molecule has 2 aromatic heterocycles. The van der Waals surface area contributed by atoms with Gasteiger partial charge in [0, 0.05) is 10.8 Å². The van der Waals surface area contributed by atoms with Crippen LogP contribution in [-0.4, -0.2) is 27.0 Å². The van der Waals surface area contributed by atoms with E-state index < -0.39 is 23.5 Å². The molecule has 1 unspecified atom stereocenters. The van der Waals surface area contributed by atoms with Crippen LogP contribution in [0.15, 0.2) is 111 Å². The molecule has 6 rings (SSSR count). The molecule has 0 spiro atoms. The van der Waals surface area contributed by atoms with Crippen molar-refractivity contribution in [2.45, 2.75) is 29.7 Å². The zero-order valence-corrected chi connectivity index (χ0v) is 25.2. The van der Waals surface area contributed by atoms with Gasteiger partial charge in [-0.15, -0.1) is 10.2 Å². The molecule has 0 saturated heterocycles. The second-order valence-corrected chi connectivity index (χ2v) is 12.2. The number of carbonyl (C=O) groups is 2. The van der Waals surface area contributed by atoms with Gasteiger partial charge in [-0.2, -0.15) is 0 Å². The van der Waals surface area contributed by atoms with Crippen LogP contribution in [0.4, 0.5) is 5.13 Å². The SMILES string of the molecule is Cc1ccc(C(=O)C2=C(O)C(=O)N(c3nnc(SCc4ccccc4Cl)s3)C2c2ccc(OCc3ccccc3)cc2)o1. The van der Waals surface area contributed by atoms with Crippen LogP contribution in [0, 0.1) is 6.92 Å². The lowest BCUT2D eigenvalue weighted by molar-refractivity contribution is -0.117. The normalized spacial score (nSPS) is 14.9. The van der Waals surface area contributed by atoms with Crippen molar-refractivity contribution in [3.63, 3.8) is 0 Å². The van der Waals surface area contributed by atoms with Crippen LogP contribution in [-0.2, 0) is 17.2 Å². The van der Waals surface area contributed by atoms with Gasteiger partial charge >= 0.3 is 0 Å². The second-order valence-electron chi connectivity index (χ2n) is 9.65. The van der Waals surface area contributed by atoms with Crippen molar-refractivity contribution in [3.8, 4) is 5.75 Å². The molecule has 0 radical (unpaired) electrons. The zero-order chi connectivity index (χ0) is 29.9. The van der Waals surface area contributed by atoms with Crippen molar-refractivity contribution >= 4 is 51.5 Å². The number of amides is 1. The Kier molecular flexibility index (Phi) is 8.33. The van der Waals surface area contributed by atoms with E-state index in [4.69, 9.17) is 20.8 Å². The number of hydrogen-bond donors (Lipinski definition) is 1. The van der Waals surface area contributed by atoms with Crippen molar-refractivity contribution in [3.05, 3.63) is 136 Å². The van der Waals surface area contributed by atoms with E-state index in [0.29, 0.717) is 38.8 Å². The number of nitrogens with zero attached hydrogens (tertiary/aromatic N) is 3. The summed E-state index contributed by atoms with van der Waals surface area (Å²) in [5.41, 5.74) is 2.44. The largest absolute Gasteiger partial charge is 0.503 e. The average molecular weight is 630 g/mol. The summed E-state index contributed by atoms with van der Waals surface area (Å²) >= 11 is 8.91. The number of hydrogen-bond acceptors (Lipinski definition) is 9. The van der Waals surface area contributed by atoms with Crippen molar-refractivity contribution in [1.29, 1.82) is 0 Å². The van der Waals surface area contributed by atoms with E-state index in [1.165, 1.54) is 34.1 Å². The minimum Gasteiger partial charge on any atom is -0.503 e. The van der Waals surface area contributed by atoms with Gasteiger partial charge in [0.15, 0.2) is 15.9 Å². The number of rotatable bonds is 10. The average Bonchev–Trinajstić information content (AvgIpc) is 3.74. The highest BCUT2D eigenvalue weighted by atomic mass is 35.5. The minimum absolute atomic E-state index is 0.0229. The molecule has 5 aromatic rings. The van der Waals surface area contributed by atoms with E-state index >= 15 is 0 Å². The number of aromatic nitrogens is 2. The lowest BCUT2D eigenvalue weighted by atomic mass is 9.95. The number of benzene rings is 3. The Morgan fingerprint density at radius 1 is 1.02 bits per heavy atom. The van der Waals surface area contributed by atoms with E-state index in [2.05, 4.69) is 10.2 Å². The number of furan rings is 1. The fraction of sp³-hybridized carbons (Fsp3) is 0.125. The van der Waals surface area contributed by atoms with Gasteiger partial charge < -0.3 is 14.3 Å². The van der Waals surface area contributed by atoms with Crippen LogP contribution in [0.25, 0.3) is 0 Å². The third-order valence-corrected chi connectivity index (χ3v) is 9.25. The molecule has 1 aliphatic heterocycles. The number of ketones is 1. The number of carbonyl (C=O) groups excluding carboxylic acids is 2. The number of halogens is 1. The second kappa shape index (κ2) is 12.5. The van der Waals surface area contributed by atoms with Gasteiger partial charge in [-0.3, -0.25) is 14.5 Å². The lowest BCUT2D eigenvalue weighted by Gasteiger charge is -2.24. The van der Waals surface area contributed by atoms with E-state index in [-0.39, 0.29) is 16.5 Å². The maximum absolute atomic E-state index is 13.6. The predicted molar refractivity (Wildman–Crippen MR) is 166 cm³/mol. The number of Topliss-reactive ketones (excluding diaryl/α,β-unsaturated/α-hetero) is 1. The van der Waals surface area contributed by atoms with Gasteiger partial charge in [0.25, 0.3) is 5.91 Å². The highest BCUT2D eigenvalue weighted by molar-refractivity contribution is 8.00. The molecule has 3 heterocycles. The maximum Gasteiger partial charge on any atom is 0.296 e. The predicted octanol–water partition coefficient (Wildman–Crippen LogP) is 7.75. The lowest BCUT2D eigenvalue weighted by Crippen LogP contribution is -2.31. The summed E-state index contributed by atoms with van der Waals surface area (Å²) in [4.78, 5) is 28.5. The third-order valence-electron chi connectivity index (χ3n) is 6.77. The Balaban J connectivity index is 1.30. The molecule has 43 heavy (non-hydrogen) atoms. The molecule has 0 saturated carbocycles. The highest BCUT2D eigenvalue weighted by Crippen LogP contribution is 2.44. The van der Waals surface area contributed by atoms with Crippen LogP contribution in [0.5, 0.6) is 5.75 Å². The maximum atomic E-state index is 13.6. The number of thioether (sulfide) groups is 1. The molecular formula is C32H24ClN3O5S2. The Morgan fingerprint density at radius 2 is 1.77 bits per heavy atom. The Bertz CT molecular complexity index is 1820. The molecular weight excluding hydrogens is 606 g/mol. The van der Waals surface area contributed by atoms with Crippen molar-refractivity contribution < 1.29 is 23.8 Å². The summed E-state index contributed by atoms with van der Waals surface area (Å²) in [6.07, 6.45) is 0. The molecule has 0 fully saturated rings. The summed E-state index contributed by atoms with van der Waals surface area (Å²) in [6.45, 7) is 2.10. The number of anilines is 1. The van der Waals surface area contributed by atoms with Gasteiger partial charge in [0.1, 0.15) is 18.1 Å². The molecule has 0 bridgehead atoms. The third kappa shape index (κ3) is 6.08. The number of aliphatic hydroxyl groups excluding tert-OH is 1. The van der Waals surface area contributed by atoms with Gasteiger partial charge in [-0.1, -0.05) is 95.4 Å². The van der Waals surface area contributed by atoms with Crippen LogP contribution in [0.3, 0.4) is 0 Å². The van der Waals surface area contributed by atoms with Gasteiger partial charge in [-0.05, 0) is 53.9 Å². The van der Waals surface area contributed by atoms with E-state index in [1.54, 1.807) is 37.3 Å². The van der Waals surface area contributed by atoms with Gasteiger partial charge in [0.2, 0.25) is 10.9 Å². The Hall–Kier alpha value is -4.38. The summed E-state index contributed by atoms with van der Waals surface area (Å²) in [7, 11) is 0. The Morgan fingerprint density at radius 3 is 2.49 bits per heavy atom. The molecule has 0 aliphatic carbocycles. The fourth-order valence-electron chi connectivity index (χ4n) is 4.64. The molecule has 216 valence electrons. The monoisotopic (exact) mass is 629 g/mol. The highest BCUT2D eigenvalue weighted by Gasteiger charge is 2.46. The van der Waals surface area contributed by atoms with Crippen LogP contribution < -0.4 is 9.64 Å². The molecule has 1 N–H and O–H groups in total. The molecule has 1 amide bonds. The summed E-state index contributed by atoms with van der Waals surface area (Å²) in [5.74, 6) is -0.274. The quantitative estimate of drug-likeness (QED) is 0.0950. The van der Waals surface area contributed by atoms with Crippen LogP contribution >= 0.6 is 34.7 Å². The molecule has 11 heteroatoms. The first-order chi connectivity index (χ1) is 20.9. The van der Waals surface area contributed by atoms with E-state index in [0.717, 1.165) is 11.1 Å². The summed E-state index contributed by atoms with van der Waals surface area (Å²) < 4.78 is 12.1. The molecule has 8 nitrogen and oxygen atoms in total. The van der Waals surface area contributed by atoms with Crippen LogP contribution in [0.2, 0.25) is 5.02 Å². The van der Waals surface area contributed by atoms with Crippen molar-refractivity contribution in [2.24, 2.45) is 0 Å². The molecule has 1 atom stereocenters. The first-order valence-corrected chi connectivity index (χ1v) is 15.4. The van der Waals surface area contributed by atoms with Crippen molar-refractivity contribution in [2.75, 3.05) is 4.90 Å². The van der Waals surface area contributed by atoms with Gasteiger partial charge in [-0.25, -0.2) is 0 Å². The summed E-state index contributed by atoms with van der Waals surface area (Å²) in [5, 5.41) is 20.5. The number of ether oxygens (including phenoxy) is 1. The van der Waals surface area contributed by atoms with Crippen molar-refractivity contribution in [1.82, 2.24) is 10.2 Å². The Labute approximate surface area is 260 Å². The fourth-order valence-corrected chi connectivity index (χ4v) is 6.79. The first-order valence-electron chi connectivity index (χ1n) is 13.2. The minimum atomic E-state index is -0.969. The zero-order valence-electron chi connectivity index (χ0n) is 22.8. The molecule has 1 aliphatic rings. The first kappa shape index (κ1) is 28.7. The summed E-state index contributed by atoms with van der Waals surface area (Å²) in [6, 6.07) is 26.6. The number of aryl methyl sites for hydroxylation is 1.